The molecule has 0 aliphatic carbocycles. The second-order valence-electron chi connectivity index (χ2n) is 5.33. The van der Waals surface area contributed by atoms with E-state index in [9.17, 15) is 4.79 Å². The fourth-order valence-corrected chi connectivity index (χ4v) is 3.66. The Morgan fingerprint density at radius 3 is 2.23 bits per heavy atom. The number of aromatic nitrogens is 1. The highest BCUT2D eigenvalue weighted by molar-refractivity contribution is 7.11. The summed E-state index contributed by atoms with van der Waals surface area (Å²) in [6.07, 6.45) is 0. The molecule has 0 saturated carbocycles. The van der Waals surface area contributed by atoms with Gasteiger partial charge in [-0.3, -0.25) is 4.79 Å². The molecular formula is C16H18Cl2N2OS. The number of amides is 1. The van der Waals surface area contributed by atoms with E-state index in [2.05, 4.69) is 4.98 Å². The molecule has 22 heavy (non-hydrogen) atoms. The maximum absolute atomic E-state index is 12.7. The van der Waals surface area contributed by atoms with Crippen LogP contribution in [0, 0.1) is 20.8 Å². The summed E-state index contributed by atoms with van der Waals surface area (Å²) in [5.41, 5.74) is 2.20. The standard InChI is InChI=1S/C16H18Cl2N2OS/c1-8-13(17)6-12(7-14(8)18)16(21)20(5)9(2)15-10(3)22-11(4)19-15/h6-7,9H,1-5H3/t9-/m1/s1. The average Bonchev–Trinajstić information content (AvgIpc) is 2.80. The van der Waals surface area contributed by atoms with E-state index in [0.29, 0.717) is 15.6 Å². The van der Waals surface area contributed by atoms with E-state index in [1.807, 2.05) is 27.7 Å². The van der Waals surface area contributed by atoms with Crippen LogP contribution in [0.5, 0.6) is 0 Å². The van der Waals surface area contributed by atoms with Gasteiger partial charge in [0.1, 0.15) is 0 Å². The van der Waals surface area contributed by atoms with E-state index in [1.54, 1.807) is 35.4 Å². The summed E-state index contributed by atoms with van der Waals surface area (Å²) in [6, 6.07) is 3.21. The summed E-state index contributed by atoms with van der Waals surface area (Å²) in [7, 11) is 1.77. The lowest BCUT2D eigenvalue weighted by atomic mass is 10.1. The van der Waals surface area contributed by atoms with Crippen molar-refractivity contribution in [2.24, 2.45) is 0 Å². The van der Waals surface area contributed by atoms with Crippen LogP contribution in [0.2, 0.25) is 10.0 Å². The van der Waals surface area contributed by atoms with Crippen LogP contribution in [0.15, 0.2) is 12.1 Å². The van der Waals surface area contributed by atoms with Crippen molar-refractivity contribution in [1.82, 2.24) is 9.88 Å². The van der Waals surface area contributed by atoms with E-state index in [1.165, 1.54) is 0 Å². The zero-order chi connectivity index (χ0) is 16.6. The molecule has 2 aromatic rings. The second-order valence-corrected chi connectivity index (χ2v) is 7.55. The van der Waals surface area contributed by atoms with Crippen molar-refractivity contribution in [3.05, 3.63) is 48.9 Å². The van der Waals surface area contributed by atoms with Gasteiger partial charge < -0.3 is 4.90 Å². The Morgan fingerprint density at radius 2 is 1.77 bits per heavy atom. The molecule has 0 fully saturated rings. The van der Waals surface area contributed by atoms with Crippen LogP contribution in [0.4, 0.5) is 0 Å². The minimum Gasteiger partial charge on any atom is -0.333 e. The van der Waals surface area contributed by atoms with Crippen molar-refractivity contribution in [2.75, 3.05) is 7.05 Å². The molecule has 0 N–H and O–H groups in total. The molecule has 1 aromatic heterocycles. The van der Waals surface area contributed by atoms with E-state index in [0.717, 1.165) is 21.1 Å². The smallest absolute Gasteiger partial charge is 0.254 e. The van der Waals surface area contributed by atoms with E-state index >= 15 is 0 Å². The first-order chi connectivity index (χ1) is 10.2. The van der Waals surface area contributed by atoms with Gasteiger partial charge in [-0.2, -0.15) is 0 Å². The van der Waals surface area contributed by atoms with Gasteiger partial charge >= 0.3 is 0 Å². The molecule has 0 unspecified atom stereocenters. The predicted octanol–water partition coefficient (Wildman–Crippen LogP) is 5.21. The lowest BCUT2D eigenvalue weighted by Crippen LogP contribution is -2.30. The number of hydrogen-bond donors (Lipinski definition) is 0. The van der Waals surface area contributed by atoms with Gasteiger partial charge in [-0.25, -0.2) is 4.98 Å². The van der Waals surface area contributed by atoms with Crippen molar-refractivity contribution < 1.29 is 4.79 Å². The normalized spacial score (nSPS) is 12.3. The summed E-state index contributed by atoms with van der Waals surface area (Å²) in [5, 5.41) is 2.00. The Balaban J connectivity index is 2.31. The van der Waals surface area contributed by atoms with Gasteiger partial charge in [0.25, 0.3) is 5.91 Å². The maximum Gasteiger partial charge on any atom is 0.254 e. The molecule has 0 saturated heterocycles. The molecule has 6 heteroatoms. The zero-order valence-electron chi connectivity index (χ0n) is 13.2. The van der Waals surface area contributed by atoms with Crippen molar-refractivity contribution in [3.63, 3.8) is 0 Å². The van der Waals surface area contributed by atoms with Crippen molar-refractivity contribution >= 4 is 40.4 Å². The van der Waals surface area contributed by atoms with E-state index in [4.69, 9.17) is 23.2 Å². The van der Waals surface area contributed by atoms with Gasteiger partial charge in [-0.05, 0) is 45.4 Å². The molecule has 0 radical (unpaired) electrons. The van der Waals surface area contributed by atoms with Crippen LogP contribution in [-0.4, -0.2) is 22.8 Å². The number of hydrogen-bond acceptors (Lipinski definition) is 3. The molecule has 1 heterocycles. The highest BCUT2D eigenvalue weighted by atomic mass is 35.5. The number of carbonyl (C=O) groups excluding carboxylic acids is 1. The first kappa shape index (κ1) is 17.3. The first-order valence-corrected chi connectivity index (χ1v) is 8.46. The van der Waals surface area contributed by atoms with Gasteiger partial charge in [0.2, 0.25) is 0 Å². The Labute approximate surface area is 144 Å². The van der Waals surface area contributed by atoms with Crippen LogP contribution < -0.4 is 0 Å². The third-order valence-electron chi connectivity index (χ3n) is 3.76. The molecule has 1 amide bonds. The second kappa shape index (κ2) is 6.57. The lowest BCUT2D eigenvalue weighted by molar-refractivity contribution is 0.0740. The van der Waals surface area contributed by atoms with Gasteiger partial charge in [-0.1, -0.05) is 23.2 Å². The summed E-state index contributed by atoms with van der Waals surface area (Å²) < 4.78 is 0. The Hall–Kier alpha value is -1.10. The molecule has 0 aliphatic rings. The molecule has 2 rings (SSSR count). The summed E-state index contributed by atoms with van der Waals surface area (Å²) in [5.74, 6) is -0.124. The quantitative estimate of drug-likeness (QED) is 0.756. The van der Waals surface area contributed by atoms with E-state index < -0.39 is 0 Å². The van der Waals surface area contributed by atoms with Crippen molar-refractivity contribution in [2.45, 2.75) is 33.7 Å². The number of rotatable bonds is 3. The third-order valence-corrected chi connectivity index (χ3v) is 5.45. The summed E-state index contributed by atoms with van der Waals surface area (Å²) >= 11 is 13.9. The Bertz CT molecular complexity index is 704. The zero-order valence-corrected chi connectivity index (χ0v) is 15.5. The largest absolute Gasteiger partial charge is 0.333 e. The van der Waals surface area contributed by atoms with Crippen LogP contribution in [0.25, 0.3) is 0 Å². The molecular weight excluding hydrogens is 339 g/mol. The number of nitrogens with zero attached hydrogens (tertiary/aromatic N) is 2. The number of carbonyl (C=O) groups is 1. The predicted molar refractivity (Wildman–Crippen MR) is 93.3 cm³/mol. The molecule has 0 spiro atoms. The van der Waals surface area contributed by atoms with Gasteiger partial charge in [0, 0.05) is 27.5 Å². The average molecular weight is 357 g/mol. The minimum absolute atomic E-state index is 0.115. The minimum atomic E-state index is -0.124. The molecule has 1 aromatic carbocycles. The van der Waals surface area contributed by atoms with E-state index in [-0.39, 0.29) is 11.9 Å². The number of thiazole rings is 1. The number of aryl methyl sites for hydroxylation is 2. The van der Waals surface area contributed by atoms with Crippen LogP contribution in [0.3, 0.4) is 0 Å². The van der Waals surface area contributed by atoms with Crippen LogP contribution >= 0.6 is 34.5 Å². The monoisotopic (exact) mass is 356 g/mol. The molecule has 118 valence electrons. The first-order valence-electron chi connectivity index (χ1n) is 6.89. The Kier molecular flexibility index (Phi) is 5.15. The van der Waals surface area contributed by atoms with Gasteiger partial charge in [0.15, 0.2) is 0 Å². The number of benzene rings is 1. The molecule has 3 nitrogen and oxygen atoms in total. The topological polar surface area (TPSA) is 33.2 Å². The summed E-state index contributed by atoms with van der Waals surface area (Å²) in [6.45, 7) is 7.78. The highest BCUT2D eigenvalue weighted by Crippen LogP contribution is 2.29. The van der Waals surface area contributed by atoms with Gasteiger partial charge in [-0.15, -0.1) is 11.3 Å². The fourth-order valence-electron chi connectivity index (χ4n) is 2.26. The molecule has 0 aliphatic heterocycles. The van der Waals surface area contributed by atoms with Crippen LogP contribution in [-0.2, 0) is 0 Å². The highest BCUT2D eigenvalue weighted by Gasteiger charge is 2.23. The van der Waals surface area contributed by atoms with Crippen molar-refractivity contribution in [1.29, 1.82) is 0 Å². The third kappa shape index (κ3) is 3.29. The lowest BCUT2D eigenvalue weighted by Gasteiger charge is -2.24. The molecule has 1 atom stereocenters. The number of halogens is 2. The summed E-state index contributed by atoms with van der Waals surface area (Å²) in [4.78, 5) is 20.0. The Morgan fingerprint density at radius 1 is 1.23 bits per heavy atom. The molecule has 0 bridgehead atoms. The fraction of sp³-hybridized carbons (Fsp3) is 0.375. The SMILES string of the molecule is Cc1nc([C@@H](C)N(C)C(=O)c2cc(Cl)c(C)c(Cl)c2)c(C)s1. The van der Waals surface area contributed by atoms with Crippen molar-refractivity contribution in [3.8, 4) is 0 Å². The van der Waals surface area contributed by atoms with Crippen LogP contribution in [0.1, 0.15) is 44.5 Å². The maximum atomic E-state index is 12.7. The van der Waals surface area contributed by atoms with Gasteiger partial charge in [0.05, 0.1) is 16.7 Å².